The Kier molecular flexibility index (Phi) is 5.76. The molecule has 1 aliphatic carbocycles. The predicted molar refractivity (Wildman–Crippen MR) is 98.9 cm³/mol. The number of likely N-dealkylation sites (tertiary alicyclic amines) is 1. The Morgan fingerprint density at radius 3 is 2.61 bits per heavy atom. The van der Waals surface area contributed by atoms with Crippen molar-refractivity contribution in [3.63, 3.8) is 0 Å². The van der Waals surface area contributed by atoms with Gasteiger partial charge in [-0.1, -0.05) is 38.5 Å². The largest absolute Gasteiger partial charge is 0.330 e. The average Bonchev–Trinajstić information content (AvgIpc) is 2.56. The normalized spacial score (nSPS) is 23.7. The van der Waals surface area contributed by atoms with Crippen molar-refractivity contribution in [2.75, 3.05) is 19.6 Å². The number of nitrogens with two attached hydrogens (primary N) is 1. The molecule has 0 bridgehead atoms. The van der Waals surface area contributed by atoms with Crippen LogP contribution in [0.2, 0.25) is 0 Å². The van der Waals surface area contributed by atoms with E-state index in [1.54, 1.807) is 11.1 Å². The molecule has 2 heteroatoms. The molecule has 128 valence electrons. The fourth-order valence-corrected chi connectivity index (χ4v) is 4.67. The van der Waals surface area contributed by atoms with Crippen LogP contribution in [0.4, 0.5) is 0 Å². The number of hydrogen-bond donors (Lipinski definition) is 1. The zero-order valence-corrected chi connectivity index (χ0v) is 15.1. The van der Waals surface area contributed by atoms with E-state index in [-0.39, 0.29) is 0 Å². The molecule has 2 nitrogen and oxygen atoms in total. The molecule has 23 heavy (non-hydrogen) atoms. The van der Waals surface area contributed by atoms with Gasteiger partial charge in [0.05, 0.1) is 0 Å². The number of benzene rings is 1. The van der Waals surface area contributed by atoms with Crippen LogP contribution in [0, 0.1) is 5.92 Å². The molecule has 0 radical (unpaired) electrons. The summed E-state index contributed by atoms with van der Waals surface area (Å²) in [5.74, 6) is 1.24. The molecule has 2 N–H and O–H groups in total. The molecule has 2 atom stereocenters. The van der Waals surface area contributed by atoms with Crippen LogP contribution in [0.3, 0.4) is 0 Å². The van der Waals surface area contributed by atoms with Gasteiger partial charge in [0.25, 0.3) is 0 Å². The van der Waals surface area contributed by atoms with Crippen LogP contribution >= 0.6 is 0 Å². The van der Waals surface area contributed by atoms with Crippen LogP contribution in [0.1, 0.15) is 68.6 Å². The highest BCUT2D eigenvalue weighted by Crippen LogP contribution is 2.32. The number of hydrogen-bond acceptors (Lipinski definition) is 2. The molecule has 2 aliphatic rings. The fourth-order valence-electron chi connectivity index (χ4n) is 4.67. The topological polar surface area (TPSA) is 29.3 Å². The molecule has 1 aliphatic heterocycles. The Hall–Kier alpha value is -0.860. The molecule has 3 rings (SSSR count). The second-order valence-electron chi connectivity index (χ2n) is 8.03. The van der Waals surface area contributed by atoms with Crippen LogP contribution in [-0.2, 0) is 12.8 Å². The van der Waals surface area contributed by atoms with Crippen molar-refractivity contribution in [1.82, 2.24) is 4.90 Å². The molecule has 1 fully saturated rings. The lowest BCUT2D eigenvalue weighted by Crippen LogP contribution is -2.46. The van der Waals surface area contributed by atoms with Gasteiger partial charge in [0, 0.05) is 25.0 Å². The SMILES string of the molecule is CC(C)CN1CCCCC1C(CN)c1ccc2c(c1)CCCC2. The van der Waals surface area contributed by atoms with Crippen LogP contribution in [0.15, 0.2) is 18.2 Å². The summed E-state index contributed by atoms with van der Waals surface area (Å²) >= 11 is 0. The minimum absolute atomic E-state index is 0.501. The minimum Gasteiger partial charge on any atom is -0.330 e. The monoisotopic (exact) mass is 314 g/mol. The summed E-state index contributed by atoms with van der Waals surface area (Å²) in [6.07, 6.45) is 9.27. The summed E-state index contributed by atoms with van der Waals surface area (Å²) in [4.78, 5) is 2.73. The quantitative estimate of drug-likeness (QED) is 0.886. The fraction of sp³-hybridized carbons (Fsp3) is 0.714. The molecule has 0 saturated carbocycles. The second-order valence-corrected chi connectivity index (χ2v) is 8.03. The van der Waals surface area contributed by atoms with Crippen LogP contribution < -0.4 is 5.73 Å². The summed E-state index contributed by atoms with van der Waals surface area (Å²) in [6, 6.07) is 7.90. The molecular formula is C21H34N2. The maximum absolute atomic E-state index is 6.28. The van der Waals surface area contributed by atoms with Gasteiger partial charge in [0.1, 0.15) is 0 Å². The maximum atomic E-state index is 6.28. The summed E-state index contributed by atoms with van der Waals surface area (Å²) in [5, 5.41) is 0. The van der Waals surface area contributed by atoms with E-state index in [2.05, 4.69) is 36.9 Å². The number of fused-ring (bicyclic) bond motifs is 1. The molecular weight excluding hydrogens is 280 g/mol. The molecule has 0 amide bonds. The third-order valence-corrected chi connectivity index (χ3v) is 5.78. The van der Waals surface area contributed by atoms with Crippen molar-refractivity contribution in [2.24, 2.45) is 11.7 Å². The number of aryl methyl sites for hydroxylation is 2. The van der Waals surface area contributed by atoms with Crippen molar-refractivity contribution < 1.29 is 0 Å². The van der Waals surface area contributed by atoms with E-state index in [0.717, 1.165) is 12.5 Å². The van der Waals surface area contributed by atoms with Crippen molar-refractivity contribution in [3.05, 3.63) is 34.9 Å². The first-order chi connectivity index (χ1) is 11.2. The molecule has 0 spiro atoms. The van der Waals surface area contributed by atoms with Crippen LogP contribution in [0.5, 0.6) is 0 Å². The number of piperidine rings is 1. The Bertz CT molecular complexity index is 509. The Labute approximate surface area is 142 Å². The molecule has 1 aromatic carbocycles. The van der Waals surface area contributed by atoms with Gasteiger partial charge in [0.15, 0.2) is 0 Å². The smallest absolute Gasteiger partial charge is 0.0176 e. The van der Waals surface area contributed by atoms with Gasteiger partial charge in [-0.15, -0.1) is 0 Å². The van der Waals surface area contributed by atoms with Crippen molar-refractivity contribution in [2.45, 2.75) is 70.8 Å². The Morgan fingerprint density at radius 1 is 1.09 bits per heavy atom. The van der Waals surface area contributed by atoms with E-state index in [4.69, 9.17) is 5.73 Å². The molecule has 1 heterocycles. The Morgan fingerprint density at radius 2 is 1.87 bits per heavy atom. The summed E-state index contributed by atoms with van der Waals surface area (Å²) in [7, 11) is 0. The van der Waals surface area contributed by atoms with Gasteiger partial charge in [-0.25, -0.2) is 0 Å². The highest BCUT2D eigenvalue weighted by Gasteiger charge is 2.30. The van der Waals surface area contributed by atoms with Crippen molar-refractivity contribution >= 4 is 0 Å². The van der Waals surface area contributed by atoms with Gasteiger partial charge >= 0.3 is 0 Å². The van der Waals surface area contributed by atoms with Crippen LogP contribution in [0.25, 0.3) is 0 Å². The second kappa shape index (κ2) is 7.81. The maximum Gasteiger partial charge on any atom is 0.0176 e. The van der Waals surface area contributed by atoms with E-state index in [9.17, 15) is 0 Å². The number of rotatable bonds is 5. The third kappa shape index (κ3) is 3.97. The summed E-state index contributed by atoms with van der Waals surface area (Å²) in [5.41, 5.74) is 10.9. The minimum atomic E-state index is 0.501. The zero-order chi connectivity index (χ0) is 16.2. The first-order valence-corrected chi connectivity index (χ1v) is 9.75. The summed E-state index contributed by atoms with van der Waals surface area (Å²) in [6.45, 7) is 7.92. The van der Waals surface area contributed by atoms with E-state index in [1.165, 1.54) is 63.6 Å². The lowest BCUT2D eigenvalue weighted by atomic mass is 9.82. The van der Waals surface area contributed by atoms with E-state index < -0.39 is 0 Å². The van der Waals surface area contributed by atoms with Crippen molar-refractivity contribution in [1.29, 1.82) is 0 Å². The summed E-state index contributed by atoms with van der Waals surface area (Å²) < 4.78 is 0. The molecule has 0 aromatic heterocycles. The van der Waals surface area contributed by atoms with Crippen LogP contribution in [-0.4, -0.2) is 30.6 Å². The first-order valence-electron chi connectivity index (χ1n) is 9.75. The predicted octanol–water partition coefficient (Wildman–Crippen LogP) is 4.12. The lowest BCUT2D eigenvalue weighted by molar-refractivity contribution is 0.112. The zero-order valence-electron chi connectivity index (χ0n) is 15.1. The standard InChI is InChI=1S/C21H34N2/c1-16(2)15-23-12-6-5-9-21(23)20(14-22)19-11-10-17-7-3-4-8-18(17)13-19/h10-11,13,16,20-21H,3-9,12,14-15,22H2,1-2H3. The van der Waals surface area contributed by atoms with Gasteiger partial charge in [0.2, 0.25) is 0 Å². The first kappa shape index (κ1) is 17.0. The Balaban J connectivity index is 1.82. The molecule has 1 saturated heterocycles. The molecule has 1 aromatic rings. The van der Waals surface area contributed by atoms with Gasteiger partial charge in [-0.2, -0.15) is 0 Å². The number of nitrogens with zero attached hydrogens (tertiary/aromatic N) is 1. The van der Waals surface area contributed by atoms with E-state index in [0.29, 0.717) is 12.0 Å². The lowest BCUT2D eigenvalue weighted by Gasteiger charge is -2.41. The van der Waals surface area contributed by atoms with E-state index in [1.807, 2.05) is 0 Å². The van der Waals surface area contributed by atoms with Gasteiger partial charge in [-0.3, -0.25) is 4.90 Å². The average molecular weight is 315 g/mol. The molecule has 2 unspecified atom stereocenters. The highest BCUT2D eigenvalue weighted by atomic mass is 15.2. The van der Waals surface area contributed by atoms with Gasteiger partial charge in [-0.05, 0) is 67.7 Å². The van der Waals surface area contributed by atoms with E-state index >= 15 is 0 Å². The van der Waals surface area contributed by atoms with Crippen molar-refractivity contribution in [3.8, 4) is 0 Å². The highest BCUT2D eigenvalue weighted by molar-refractivity contribution is 5.36. The third-order valence-electron chi connectivity index (χ3n) is 5.78. The van der Waals surface area contributed by atoms with Gasteiger partial charge < -0.3 is 5.73 Å².